The number of nitro groups is 1. The number of non-ortho nitro benzene ring substituents is 1. The first-order valence-corrected chi connectivity index (χ1v) is 5.20. The van der Waals surface area contributed by atoms with E-state index in [2.05, 4.69) is 11.6 Å². The van der Waals surface area contributed by atoms with Crippen molar-refractivity contribution in [3.63, 3.8) is 0 Å². The molecule has 0 aliphatic heterocycles. The largest absolute Gasteiger partial charge is 0.457 e. The minimum absolute atomic E-state index is 0.0314. The second-order valence-corrected chi connectivity index (χ2v) is 3.47. The van der Waals surface area contributed by atoms with E-state index in [0.29, 0.717) is 17.2 Å². The van der Waals surface area contributed by atoms with Gasteiger partial charge in [0, 0.05) is 24.4 Å². The van der Waals surface area contributed by atoms with Gasteiger partial charge in [0.25, 0.3) is 5.69 Å². The Labute approximate surface area is 104 Å². The highest BCUT2D eigenvalue weighted by Crippen LogP contribution is 2.23. The molecule has 0 amide bonds. The lowest BCUT2D eigenvalue weighted by Crippen LogP contribution is -1.89. The van der Waals surface area contributed by atoms with Crippen LogP contribution in [-0.4, -0.2) is 9.91 Å². The number of ether oxygens (including phenoxy) is 1. The fourth-order valence-electron chi connectivity index (χ4n) is 1.38. The normalized spacial score (nSPS) is 9.78. The Bertz CT molecular complexity index is 579. The van der Waals surface area contributed by atoms with E-state index in [9.17, 15) is 10.1 Å². The van der Waals surface area contributed by atoms with Gasteiger partial charge < -0.3 is 4.74 Å². The molecule has 0 saturated carbocycles. The van der Waals surface area contributed by atoms with Crippen LogP contribution in [0.5, 0.6) is 11.5 Å². The average Bonchev–Trinajstić information content (AvgIpc) is 2.39. The van der Waals surface area contributed by atoms with Crippen molar-refractivity contribution in [1.29, 1.82) is 0 Å². The van der Waals surface area contributed by atoms with Crippen LogP contribution in [0, 0.1) is 10.1 Å². The molecule has 5 nitrogen and oxygen atoms in total. The van der Waals surface area contributed by atoms with Crippen molar-refractivity contribution in [2.75, 3.05) is 0 Å². The van der Waals surface area contributed by atoms with Gasteiger partial charge in [0.1, 0.15) is 11.5 Å². The number of hydrogen-bond acceptors (Lipinski definition) is 4. The lowest BCUT2D eigenvalue weighted by atomic mass is 10.3. The Balaban J connectivity index is 2.17. The smallest absolute Gasteiger partial charge is 0.269 e. The molecule has 90 valence electrons. The van der Waals surface area contributed by atoms with Crippen LogP contribution in [-0.2, 0) is 0 Å². The van der Waals surface area contributed by atoms with Crippen molar-refractivity contribution in [3.8, 4) is 11.5 Å². The minimum atomic E-state index is -0.452. The quantitative estimate of drug-likeness (QED) is 0.608. The molecule has 0 bridgehead atoms. The summed E-state index contributed by atoms with van der Waals surface area (Å²) in [6, 6.07) is 9.32. The first kappa shape index (κ1) is 11.8. The third kappa shape index (κ3) is 2.70. The average molecular weight is 242 g/mol. The zero-order valence-electron chi connectivity index (χ0n) is 9.45. The highest BCUT2D eigenvalue weighted by molar-refractivity contribution is 5.45. The summed E-state index contributed by atoms with van der Waals surface area (Å²) in [7, 11) is 0. The number of nitro benzene ring substituents is 1. The van der Waals surface area contributed by atoms with E-state index in [0.717, 1.165) is 0 Å². The van der Waals surface area contributed by atoms with Gasteiger partial charge in [0.05, 0.1) is 10.6 Å². The van der Waals surface area contributed by atoms with Gasteiger partial charge in [-0.05, 0) is 24.3 Å². The Morgan fingerprint density at radius 1 is 1.22 bits per heavy atom. The van der Waals surface area contributed by atoms with E-state index in [1.807, 2.05) is 0 Å². The molecule has 0 radical (unpaired) electrons. The van der Waals surface area contributed by atoms with E-state index in [-0.39, 0.29) is 5.69 Å². The van der Waals surface area contributed by atoms with Gasteiger partial charge in [0.2, 0.25) is 0 Å². The van der Waals surface area contributed by atoms with Gasteiger partial charge >= 0.3 is 0 Å². The number of pyridine rings is 1. The fourth-order valence-corrected chi connectivity index (χ4v) is 1.38. The van der Waals surface area contributed by atoms with Crippen LogP contribution in [0.15, 0.2) is 49.2 Å². The van der Waals surface area contributed by atoms with Gasteiger partial charge in [-0.3, -0.25) is 15.1 Å². The van der Waals surface area contributed by atoms with Crippen LogP contribution >= 0.6 is 0 Å². The summed E-state index contributed by atoms with van der Waals surface area (Å²) >= 11 is 0. The first-order chi connectivity index (χ1) is 8.69. The lowest BCUT2D eigenvalue weighted by molar-refractivity contribution is -0.384. The maximum atomic E-state index is 10.5. The Morgan fingerprint density at radius 2 is 1.94 bits per heavy atom. The number of aromatic nitrogens is 1. The summed E-state index contributed by atoms with van der Waals surface area (Å²) in [6.07, 6.45) is 3.22. The molecule has 0 aliphatic carbocycles. The van der Waals surface area contributed by atoms with Crippen LogP contribution in [0.3, 0.4) is 0 Å². The Morgan fingerprint density at radius 3 is 2.56 bits per heavy atom. The van der Waals surface area contributed by atoms with Crippen LogP contribution in [0.1, 0.15) is 5.69 Å². The van der Waals surface area contributed by atoms with Crippen molar-refractivity contribution in [1.82, 2.24) is 4.98 Å². The van der Waals surface area contributed by atoms with Crippen LogP contribution in [0.4, 0.5) is 5.69 Å². The molecule has 1 aromatic heterocycles. The standard InChI is InChI=1S/C13H10N2O3/c1-2-10-9-13(7-8-14-10)18-12-5-3-11(4-6-12)15(16)17/h2-9H,1H2. The molecular weight excluding hydrogens is 232 g/mol. The predicted octanol–water partition coefficient (Wildman–Crippen LogP) is 3.43. The summed E-state index contributed by atoms with van der Waals surface area (Å²) in [5, 5.41) is 10.5. The summed E-state index contributed by atoms with van der Waals surface area (Å²) < 4.78 is 5.55. The van der Waals surface area contributed by atoms with E-state index < -0.39 is 4.92 Å². The maximum Gasteiger partial charge on any atom is 0.269 e. The van der Waals surface area contributed by atoms with E-state index >= 15 is 0 Å². The van der Waals surface area contributed by atoms with Gasteiger partial charge in [-0.1, -0.05) is 6.58 Å². The highest BCUT2D eigenvalue weighted by atomic mass is 16.6. The molecule has 2 rings (SSSR count). The minimum Gasteiger partial charge on any atom is -0.457 e. The molecule has 1 heterocycles. The summed E-state index contributed by atoms with van der Waals surface area (Å²) in [5.74, 6) is 1.13. The lowest BCUT2D eigenvalue weighted by Gasteiger charge is -2.05. The van der Waals surface area contributed by atoms with Crippen molar-refractivity contribution in [2.24, 2.45) is 0 Å². The summed E-state index contributed by atoms with van der Waals surface area (Å²) in [6.45, 7) is 3.62. The monoisotopic (exact) mass is 242 g/mol. The topological polar surface area (TPSA) is 65.3 Å². The van der Waals surface area contributed by atoms with Crippen LogP contribution < -0.4 is 4.74 Å². The molecule has 0 fully saturated rings. The van der Waals surface area contributed by atoms with Crippen LogP contribution in [0.2, 0.25) is 0 Å². The van der Waals surface area contributed by atoms with E-state index in [1.54, 1.807) is 36.5 Å². The SMILES string of the molecule is C=Cc1cc(Oc2ccc([N+](=O)[O-])cc2)ccn1. The van der Waals surface area contributed by atoms with Gasteiger partial charge in [0.15, 0.2) is 0 Å². The van der Waals surface area contributed by atoms with Gasteiger partial charge in [-0.2, -0.15) is 0 Å². The van der Waals surface area contributed by atoms with Crippen molar-refractivity contribution in [2.45, 2.75) is 0 Å². The number of nitrogens with zero attached hydrogens (tertiary/aromatic N) is 2. The second kappa shape index (κ2) is 5.09. The van der Waals surface area contributed by atoms with Crippen molar-refractivity contribution >= 4 is 11.8 Å². The van der Waals surface area contributed by atoms with E-state index in [1.165, 1.54) is 12.1 Å². The molecule has 5 heteroatoms. The first-order valence-electron chi connectivity index (χ1n) is 5.20. The Hall–Kier alpha value is -2.69. The number of rotatable bonds is 4. The highest BCUT2D eigenvalue weighted by Gasteiger charge is 2.05. The zero-order valence-corrected chi connectivity index (χ0v) is 9.45. The predicted molar refractivity (Wildman–Crippen MR) is 67.5 cm³/mol. The molecular formula is C13H10N2O3. The molecule has 0 aliphatic rings. The molecule has 0 N–H and O–H groups in total. The van der Waals surface area contributed by atoms with Crippen molar-refractivity contribution in [3.05, 3.63) is 65.0 Å². The molecule has 1 aromatic carbocycles. The molecule has 0 saturated heterocycles. The number of hydrogen-bond donors (Lipinski definition) is 0. The zero-order chi connectivity index (χ0) is 13.0. The maximum absolute atomic E-state index is 10.5. The van der Waals surface area contributed by atoms with Crippen LogP contribution in [0.25, 0.3) is 6.08 Å². The summed E-state index contributed by atoms with van der Waals surface area (Å²) in [4.78, 5) is 14.1. The fraction of sp³-hybridized carbons (Fsp3) is 0. The Kier molecular flexibility index (Phi) is 3.33. The molecule has 0 spiro atoms. The van der Waals surface area contributed by atoms with Gasteiger partial charge in [-0.25, -0.2) is 0 Å². The molecule has 18 heavy (non-hydrogen) atoms. The molecule has 0 unspecified atom stereocenters. The molecule has 2 aromatic rings. The molecule has 0 atom stereocenters. The van der Waals surface area contributed by atoms with E-state index in [4.69, 9.17) is 4.74 Å². The second-order valence-electron chi connectivity index (χ2n) is 3.47. The van der Waals surface area contributed by atoms with Crippen molar-refractivity contribution < 1.29 is 9.66 Å². The van der Waals surface area contributed by atoms with Gasteiger partial charge in [-0.15, -0.1) is 0 Å². The third-order valence-corrected chi connectivity index (χ3v) is 2.24. The number of benzene rings is 1. The third-order valence-electron chi connectivity index (χ3n) is 2.24. The summed E-state index contributed by atoms with van der Waals surface area (Å²) in [5.41, 5.74) is 0.735.